The Bertz CT molecular complexity index is 414. The lowest BCUT2D eigenvalue weighted by atomic mass is 10.3. The summed E-state index contributed by atoms with van der Waals surface area (Å²) >= 11 is 4.75. The maximum atomic E-state index is 10.8. The number of hydrogen-bond donors (Lipinski definition) is 1. The lowest BCUT2D eigenvalue weighted by Crippen LogP contribution is -2.17. The zero-order chi connectivity index (χ0) is 11.4. The van der Waals surface area contributed by atoms with Gasteiger partial charge in [0.2, 0.25) is 0 Å². The number of nitro groups is 1. The number of nitro benzene ring substituents is 1. The second-order valence-electron chi connectivity index (χ2n) is 2.81. The van der Waals surface area contributed by atoms with Crippen LogP contribution in [-0.2, 0) is 4.79 Å². The van der Waals surface area contributed by atoms with E-state index in [2.05, 4.69) is 5.32 Å². The van der Waals surface area contributed by atoms with Crippen molar-refractivity contribution in [2.45, 2.75) is 6.92 Å². The van der Waals surface area contributed by atoms with E-state index < -0.39 is 4.92 Å². The summed E-state index contributed by atoms with van der Waals surface area (Å²) in [4.78, 5) is 20.8. The third-order valence-electron chi connectivity index (χ3n) is 1.66. The number of nitrogens with zero attached hydrogens (tertiary/aromatic N) is 1. The van der Waals surface area contributed by atoms with Gasteiger partial charge in [-0.15, -0.1) is 0 Å². The average molecular weight is 224 g/mol. The fourth-order valence-corrected chi connectivity index (χ4v) is 1.00. The van der Waals surface area contributed by atoms with E-state index in [4.69, 9.17) is 12.2 Å². The second-order valence-corrected chi connectivity index (χ2v) is 3.22. The minimum absolute atomic E-state index is 0.00528. The van der Waals surface area contributed by atoms with Gasteiger partial charge in [-0.1, -0.05) is 12.2 Å². The fourth-order valence-electron chi connectivity index (χ4n) is 0.886. The lowest BCUT2D eigenvalue weighted by molar-refractivity contribution is -0.384. The predicted octanol–water partition coefficient (Wildman–Crippen LogP) is 1.92. The number of ketones is 1. The molecule has 0 saturated carbocycles. The van der Waals surface area contributed by atoms with E-state index in [-0.39, 0.29) is 16.5 Å². The maximum absolute atomic E-state index is 10.8. The molecule has 1 N–H and O–H groups in total. The lowest BCUT2D eigenvalue weighted by Gasteiger charge is -2.03. The minimum Gasteiger partial charge on any atom is -0.344 e. The van der Waals surface area contributed by atoms with E-state index in [1.807, 2.05) is 0 Å². The molecule has 5 nitrogen and oxygen atoms in total. The standard InChI is InChI=1S/C9H8N2O3S/c1-6(12)9(15)10-7-2-4-8(5-3-7)11(13)14/h2-5H,1H3,(H,10,15). The SMILES string of the molecule is CC(=O)C(=S)Nc1ccc([N+](=O)[O-])cc1. The molecule has 15 heavy (non-hydrogen) atoms. The van der Waals surface area contributed by atoms with Gasteiger partial charge < -0.3 is 5.32 Å². The smallest absolute Gasteiger partial charge is 0.269 e. The van der Waals surface area contributed by atoms with Crippen molar-refractivity contribution in [3.8, 4) is 0 Å². The molecule has 0 spiro atoms. The number of nitrogens with one attached hydrogen (secondary N) is 1. The first-order valence-electron chi connectivity index (χ1n) is 4.07. The Balaban J connectivity index is 2.77. The Morgan fingerprint density at radius 2 is 1.93 bits per heavy atom. The molecule has 78 valence electrons. The van der Waals surface area contributed by atoms with Crippen LogP contribution in [0, 0.1) is 10.1 Å². The van der Waals surface area contributed by atoms with Crippen LogP contribution >= 0.6 is 12.2 Å². The Morgan fingerprint density at radius 3 is 2.33 bits per heavy atom. The second kappa shape index (κ2) is 4.61. The summed E-state index contributed by atoms with van der Waals surface area (Å²) < 4.78 is 0. The molecule has 0 amide bonds. The van der Waals surface area contributed by atoms with Gasteiger partial charge in [-0.3, -0.25) is 14.9 Å². The third-order valence-corrected chi connectivity index (χ3v) is 2.05. The van der Waals surface area contributed by atoms with Crippen LogP contribution < -0.4 is 5.32 Å². The van der Waals surface area contributed by atoms with Gasteiger partial charge in [-0.25, -0.2) is 0 Å². The van der Waals surface area contributed by atoms with Gasteiger partial charge in [-0.2, -0.15) is 0 Å². The fraction of sp³-hybridized carbons (Fsp3) is 0.111. The molecular weight excluding hydrogens is 216 g/mol. The number of carbonyl (C=O) groups excluding carboxylic acids is 1. The summed E-state index contributed by atoms with van der Waals surface area (Å²) in [5.41, 5.74) is 0.551. The number of carbonyl (C=O) groups is 1. The number of thiocarbonyl (C=S) groups is 1. The van der Waals surface area contributed by atoms with Gasteiger partial charge in [0.25, 0.3) is 5.69 Å². The van der Waals surface area contributed by atoms with Crippen LogP contribution in [-0.4, -0.2) is 15.7 Å². The van der Waals surface area contributed by atoms with Crippen LogP contribution in [0.3, 0.4) is 0 Å². The van der Waals surface area contributed by atoms with Crippen LogP contribution in [0.2, 0.25) is 0 Å². The van der Waals surface area contributed by atoms with E-state index in [1.54, 1.807) is 0 Å². The Hall–Kier alpha value is -1.82. The summed E-state index contributed by atoms with van der Waals surface area (Å²) in [5, 5.41) is 13.0. The summed E-state index contributed by atoms with van der Waals surface area (Å²) in [6.07, 6.45) is 0. The molecule has 1 aromatic carbocycles. The molecule has 0 atom stereocenters. The molecule has 0 aromatic heterocycles. The van der Waals surface area contributed by atoms with Gasteiger partial charge in [0, 0.05) is 24.7 Å². The molecule has 0 saturated heterocycles. The monoisotopic (exact) mass is 224 g/mol. The summed E-state index contributed by atoms with van der Waals surface area (Å²) in [6.45, 7) is 1.35. The number of rotatable bonds is 3. The number of non-ortho nitro benzene ring substituents is 1. The van der Waals surface area contributed by atoms with Crippen molar-refractivity contribution in [2.75, 3.05) is 5.32 Å². The number of Topliss-reactive ketones (excluding diaryl/α,β-unsaturated/α-hetero) is 1. The molecule has 1 rings (SSSR count). The van der Waals surface area contributed by atoms with Crippen molar-refractivity contribution in [1.29, 1.82) is 0 Å². The molecule has 0 aliphatic carbocycles. The highest BCUT2D eigenvalue weighted by molar-refractivity contribution is 7.82. The van der Waals surface area contributed by atoms with Crippen molar-refractivity contribution in [3.63, 3.8) is 0 Å². The number of hydrogen-bond acceptors (Lipinski definition) is 4. The summed E-state index contributed by atoms with van der Waals surface area (Å²) in [5.74, 6) is -0.247. The van der Waals surface area contributed by atoms with E-state index in [9.17, 15) is 14.9 Å². The molecule has 0 heterocycles. The van der Waals surface area contributed by atoms with Crippen molar-refractivity contribution in [1.82, 2.24) is 0 Å². The van der Waals surface area contributed by atoms with Gasteiger partial charge >= 0.3 is 0 Å². The van der Waals surface area contributed by atoms with Gasteiger partial charge in [0.1, 0.15) is 4.99 Å². The molecule has 0 fully saturated rings. The van der Waals surface area contributed by atoms with E-state index in [1.165, 1.54) is 31.2 Å². The predicted molar refractivity (Wildman–Crippen MR) is 60.0 cm³/mol. The normalized spacial score (nSPS) is 9.40. The highest BCUT2D eigenvalue weighted by Crippen LogP contribution is 2.15. The van der Waals surface area contributed by atoms with Crippen LogP contribution in [0.25, 0.3) is 0 Å². The van der Waals surface area contributed by atoms with Crippen LogP contribution in [0.15, 0.2) is 24.3 Å². The van der Waals surface area contributed by atoms with Crippen molar-refractivity contribution < 1.29 is 9.72 Å². The maximum Gasteiger partial charge on any atom is 0.269 e. The third kappa shape index (κ3) is 3.10. The zero-order valence-electron chi connectivity index (χ0n) is 7.89. The summed E-state index contributed by atoms with van der Waals surface area (Å²) in [6, 6.07) is 5.66. The molecule has 0 aliphatic rings. The Morgan fingerprint density at radius 1 is 1.40 bits per heavy atom. The number of anilines is 1. The Labute approximate surface area is 91.2 Å². The molecule has 0 bridgehead atoms. The molecule has 0 unspecified atom stereocenters. The van der Waals surface area contributed by atoms with Crippen LogP contribution in [0.4, 0.5) is 11.4 Å². The van der Waals surface area contributed by atoms with Gasteiger partial charge in [-0.05, 0) is 12.1 Å². The first-order chi connectivity index (χ1) is 7.00. The summed E-state index contributed by atoms with van der Waals surface area (Å²) in [7, 11) is 0. The van der Waals surface area contributed by atoms with E-state index in [0.29, 0.717) is 5.69 Å². The average Bonchev–Trinajstić information content (AvgIpc) is 2.18. The number of benzene rings is 1. The first kappa shape index (κ1) is 11.3. The topological polar surface area (TPSA) is 72.2 Å². The van der Waals surface area contributed by atoms with Crippen LogP contribution in [0.5, 0.6) is 0 Å². The molecule has 6 heteroatoms. The molecule has 0 aliphatic heterocycles. The van der Waals surface area contributed by atoms with Gasteiger partial charge in [0.05, 0.1) is 4.92 Å². The van der Waals surface area contributed by atoms with E-state index in [0.717, 1.165) is 0 Å². The Kier molecular flexibility index (Phi) is 3.46. The largest absolute Gasteiger partial charge is 0.344 e. The highest BCUT2D eigenvalue weighted by Gasteiger charge is 2.06. The molecular formula is C9H8N2O3S. The molecule has 1 aromatic rings. The van der Waals surface area contributed by atoms with Crippen molar-refractivity contribution in [2.24, 2.45) is 0 Å². The van der Waals surface area contributed by atoms with Crippen molar-refractivity contribution >= 4 is 34.4 Å². The zero-order valence-corrected chi connectivity index (χ0v) is 8.71. The van der Waals surface area contributed by atoms with Crippen LogP contribution in [0.1, 0.15) is 6.92 Å². The minimum atomic E-state index is -0.493. The van der Waals surface area contributed by atoms with Gasteiger partial charge in [0.15, 0.2) is 5.78 Å². The van der Waals surface area contributed by atoms with E-state index >= 15 is 0 Å². The quantitative estimate of drug-likeness (QED) is 0.482. The highest BCUT2D eigenvalue weighted by atomic mass is 32.1. The first-order valence-corrected chi connectivity index (χ1v) is 4.48. The molecule has 0 radical (unpaired) electrons. The van der Waals surface area contributed by atoms with Crippen molar-refractivity contribution in [3.05, 3.63) is 34.4 Å².